The molecule has 0 unspecified atom stereocenters. The number of carbonyl (C=O) groups is 1. The number of piperidine rings is 1. The van der Waals surface area contributed by atoms with Gasteiger partial charge in [0.1, 0.15) is 12.3 Å². The molecule has 3 aromatic heterocycles. The number of nitrogens with one attached hydrogen (secondary N) is 2. The molecule has 4 rings (SSSR count). The van der Waals surface area contributed by atoms with E-state index in [1.165, 1.54) is 0 Å². The third kappa shape index (κ3) is 6.19. The number of H-pyrrole nitrogens is 1. The van der Waals surface area contributed by atoms with Crippen LogP contribution in [0, 0.1) is 20.8 Å². The van der Waals surface area contributed by atoms with E-state index in [2.05, 4.69) is 25.4 Å². The van der Waals surface area contributed by atoms with E-state index in [9.17, 15) is 18.4 Å². The normalized spacial score (nSPS) is 15.5. The zero-order valence-corrected chi connectivity index (χ0v) is 21.4. The van der Waals surface area contributed by atoms with Crippen LogP contribution in [0.2, 0.25) is 0 Å². The van der Waals surface area contributed by atoms with Crippen molar-refractivity contribution in [1.82, 2.24) is 34.9 Å². The highest BCUT2D eigenvalue weighted by atomic mass is 19.3. The average molecular weight is 516 g/mol. The van der Waals surface area contributed by atoms with Gasteiger partial charge >= 0.3 is 6.01 Å². The van der Waals surface area contributed by atoms with Crippen LogP contribution in [0.3, 0.4) is 0 Å². The van der Waals surface area contributed by atoms with Crippen molar-refractivity contribution in [2.75, 3.05) is 26.2 Å². The van der Waals surface area contributed by atoms with Crippen LogP contribution in [0.1, 0.15) is 45.7 Å². The smallest absolute Gasteiger partial charge is 0.317 e. The van der Waals surface area contributed by atoms with E-state index in [0.717, 1.165) is 11.3 Å². The van der Waals surface area contributed by atoms with Crippen LogP contribution in [0.5, 0.6) is 6.01 Å². The first-order chi connectivity index (χ1) is 17.5. The number of aromatic amines is 1. The van der Waals surface area contributed by atoms with Crippen molar-refractivity contribution in [3.05, 3.63) is 56.8 Å². The molecule has 198 valence electrons. The van der Waals surface area contributed by atoms with Crippen LogP contribution < -0.4 is 15.6 Å². The van der Waals surface area contributed by atoms with E-state index < -0.39 is 11.8 Å². The SMILES string of the molecule is Cc1cc(C)c(CNC(=O)c2nc(OCCN3CCC(F)(F)CC3)nc(-c3ccnn3C)c2C)c(=O)[nH]1. The van der Waals surface area contributed by atoms with Gasteiger partial charge in [-0.2, -0.15) is 15.1 Å². The van der Waals surface area contributed by atoms with Crippen LogP contribution in [0.15, 0.2) is 23.1 Å². The van der Waals surface area contributed by atoms with Gasteiger partial charge in [-0.1, -0.05) is 0 Å². The molecule has 0 spiro atoms. The summed E-state index contributed by atoms with van der Waals surface area (Å²) in [4.78, 5) is 39.1. The largest absolute Gasteiger partial charge is 0.462 e. The summed E-state index contributed by atoms with van der Waals surface area (Å²) >= 11 is 0. The molecule has 12 heteroatoms. The second-order valence-electron chi connectivity index (χ2n) is 9.34. The highest BCUT2D eigenvalue weighted by molar-refractivity contribution is 5.95. The lowest BCUT2D eigenvalue weighted by Crippen LogP contribution is -2.41. The van der Waals surface area contributed by atoms with Crippen molar-refractivity contribution in [3.63, 3.8) is 0 Å². The van der Waals surface area contributed by atoms with Crippen molar-refractivity contribution in [2.45, 2.75) is 46.1 Å². The number of carbonyl (C=O) groups excluding carboxylic acids is 1. The predicted molar refractivity (Wildman–Crippen MR) is 133 cm³/mol. The Morgan fingerprint density at radius 3 is 2.59 bits per heavy atom. The molecule has 3 aromatic rings. The lowest BCUT2D eigenvalue weighted by molar-refractivity contribution is -0.0565. The van der Waals surface area contributed by atoms with Crippen LogP contribution in [-0.2, 0) is 13.6 Å². The zero-order chi connectivity index (χ0) is 26.7. The maximum atomic E-state index is 13.4. The number of aromatic nitrogens is 5. The van der Waals surface area contributed by atoms with Crippen LogP contribution >= 0.6 is 0 Å². The van der Waals surface area contributed by atoms with Gasteiger partial charge in [0.2, 0.25) is 0 Å². The topological polar surface area (TPSA) is 118 Å². The van der Waals surface area contributed by atoms with E-state index in [-0.39, 0.29) is 56.3 Å². The summed E-state index contributed by atoms with van der Waals surface area (Å²) in [5, 5.41) is 6.97. The zero-order valence-electron chi connectivity index (χ0n) is 21.4. The fourth-order valence-corrected chi connectivity index (χ4v) is 4.36. The molecule has 0 aliphatic carbocycles. The van der Waals surface area contributed by atoms with Gasteiger partial charge < -0.3 is 15.0 Å². The fraction of sp³-hybridized carbons (Fsp3) is 0.480. The van der Waals surface area contributed by atoms with Gasteiger partial charge in [-0.25, -0.2) is 8.78 Å². The summed E-state index contributed by atoms with van der Waals surface area (Å²) in [5.74, 6) is -3.09. The first kappa shape index (κ1) is 26.4. The van der Waals surface area contributed by atoms with E-state index >= 15 is 0 Å². The Morgan fingerprint density at radius 2 is 1.95 bits per heavy atom. The number of ether oxygens (including phenoxy) is 1. The van der Waals surface area contributed by atoms with Gasteiger partial charge in [0, 0.05) is 69.1 Å². The van der Waals surface area contributed by atoms with Gasteiger partial charge in [-0.3, -0.25) is 19.2 Å². The molecule has 10 nitrogen and oxygen atoms in total. The molecule has 0 bridgehead atoms. The Morgan fingerprint density at radius 1 is 1.22 bits per heavy atom. The van der Waals surface area contributed by atoms with E-state index in [4.69, 9.17) is 4.74 Å². The number of aryl methyl sites for hydroxylation is 3. The maximum Gasteiger partial charge on any atom is 0.317 e. The molecule has 1 aliphatic rings. The highest BCUT2D eigenvalue weighted by Gasteiger charge is 2.33. The fourth-order valence-electron chi connectivity index (χ4n) is 4.36. The van der Waals surface area contributed by atoms with Gasteiger partial charge in [0.05, 0.1) is 11.4 Å². The molecule has 0 radical (unpaired) electrons. The Bertz CT molecular complexity index is 1340. The van der Waals surface area contributed by atoms with Crippen molar-refractivity contribution in [3.8, 4) is 17.4 Å². The average Bonchev–Trinajstić information content (AvgIpc) is 3.25. The molecule has 0 saturated carbocycles. The summed E-state index contributed by atoms with van der Waals surface area (Å²) in [7, 11) is 1.76. The number of alkyl halides is 2. The Balaban J connectivity index is 1.53. The minimum Gasteiger partial charge on any atom is -0.462 e. The highest BCUT2D eigenvalue weighted by Crippen LogP contribution is 2.28. The minimum atomic E-state index is -2.61. The number of amides is 1. The number of nitrogens with zero attached hydrogens (tertiary/aromatic N) is 5. The molecule has 1 amide bonds. The summed E-state index contributed by atoms with van der Waals surface area (Å²) in [5.41, 5.74) is 3.51. The third-order valence-electron chi connectivity index (χ3n) is 6.55. The molecular formula is C25H31F2N7O3. The van der Waals surface area contributed by atoms with Gasteiger partial charge in [-0.05, 0) is 38.5 Å². The van der Waals surface area contributed by atoms with Crippen molar-refractivity contribution < 1.29 is 18.3 Å². The number of pyridine rings is 1. The number of hydrogen-bond donors (Lipinski definition) is 2. The van der Waals surface area contributed by atoms with Gasteiger partial charge in [0.25, 0.3) is 17.4 Å². The maximum absolute atomic E-state index is 13.4. The second-order valence-corrected chi connectivity index (χ2v) is 9.34. The predicted octanol–water partition coefficient (Wildman–Crippen LogP) is 2.53. The van der Waals surface area contributed by atoms with Crippen LogP contribution in [-0.4, -0.2) is 67.7 Å². The van der Waals surface area contributed by atoms with Crippen molar-refractivity contribution >= 4 is 5.91 Å². The van der Waals surface area contributed by atoms with E-state index in [0.29, 0.717) is 29.1 Å². The van der Waals surface area contributed by atoms with Crippen molar-refractivity contribution in [1.29, 1.82) is 0 Å². The second kappa shape index (κ2) is 10.8. The molecule has 1 saturated heterocycles. The molecule has 2 N–H and O–H groups in total. The number of rotatable bonds is 8. The number of likely N-dealkylation sites (tertiary alicyclic amines) is 1. The molecule has 1 fully saturated rings. The summed E-state index contributed by atoms with van der Waals surface area (Å²) < 4.78 is 34.3. The lowest BCUT2D eigenvalue weighted by Gasteiger charge is -2.31. The van der Waals surface area contributed by atoms with E-state index in [1.807, 2.05) is 17.9 Å². The summed E-state index contributed by atoms with van der Waals surface area (Å²) in [6.07, 6.45) is 1.27. The summed E-state index contributed by atoms with van der Waals surface area (Å²) in [6.45, 7) is 6.56. The first-order valence-electron chi connectivity index (χ1n) is 12.1. The lowest BCUT2D eigenvalue weighted by atomic mass is 10.1. The monoisotopic (exact) mass is 515 g/mol. The summed E-state index contributed by atoms with van der Waals surface area (Å²) in [6, 6.07) is 3.61. The number of hydrogen-bond acceptors (Lipinski definition) is 7. The van der Waals surface area contributed by atoms with E-state index in [1.54, 1.807) is 37.8 Å². The Kier molecular flexibility index (Phi) is 7.67. The van der Waals surface area contributed by atoms with Crippen molar-refractivity contribution in [2.24, 2.45) is 7.05 Å². The van der Waals surface area contributed by atoms with Crippen LogP contribution in [0.25, 0.3) is 11.4 Å². The first-order valence-corrected chi connectivity index (χ1v) is 12.1. The number of halogens is 2. The molecule has 37 heavy (non-hydrogen) atoms. The molecular weight excluding hydrogens is 484 g/mol. The van der Waals surface area contributed by atoms with Crippen LogP contribution in [0.4, 0.5) is 8.78 Å². The standard InChI is InChI=1S/C25H31F2N7O3/c1-15-13-16(2)30-22(35)18(15)14-28-23(36)21-17(3)20(19-5-8-29-33(19)4)31-24(32-21)37-12-11-34-9-6-25(26,27)7-10-34/h5,8,13H,6-7,9-12,14H2,1-4H3,(H,28,36)(H,30,35). The van der Waals surface area contributed by atoms with Gasteiger partial charge in [0.15, 0.2) is 0 Å². The quantitative estimate of drug-likeness (QED) is 0.473. The minimum absolute atomic E-state index is 0.00125. The molecule has 4 heterocycles. The molecule has 0 aromatic carbocycles. The molecule has 0 atom stereocenters. The third-order valence-corrected chi connectivity index (χ3v) is 6.55. The van der Waals surface area contributed by atoms with Gasteiger partial charge in [-0.15, -0.1) is 0 Å². The Hall–Kier alpha value is -3.67. The molecule has 1 aliphatic heterocycles. The Labute approximate surface area is 213 Å².